The molecule has 98 valence electrons. The van der Waals surface area contributed by atoms with Gasteiger partial charge in [0.05, 0.1) is 0 Å². The van der Waals surface area contributed by atoms with Gasteiger partial charge in [-0.05, 0) is 44.7 Å². The summed E-state index contributed by atoms with van der Waals surface area (Å²) >= 11 is 0. The number of hydrogen-bond donors (Lipinski definition) is 1. The molecule has 1 aromatic heterocycles. The van der Waals surface area contributed by atoms with Crippen LogP contribution in [0.15, 0.2) is 12.3 Å². The quantitative estimate of drug-likeness (QED) is 0.888. The van der Waals surface area contributed by atoms with E-state index in [0.29, 0.717) is 13.2 Å². The molecule has 4 nitrogen and oxygen atoms in total. The number of amides is 1. The molecule has 4 heteroatoms. The molecule has 2 rings (SSSR count). The number of carbonyl (C=O) groups excluding carboxylic acids is 1. The minimum absolute atomic E-state index is 0.0294. The number of nitrogens with one attached hydrogen (secondary N) is 1. The van der Waals surface area contributed by atoms with Crippen molar-refractivity contribution in [3.05, 3.63) is 29.1 Å². The summed E-state index contributed by atoms with van der Waals surface area (Å²) in [5, 5.41) is 2.92. The third-order valence-corrected chi connectivity index (χ3v) is 3.55. The zero-order valence-electron chi connectivity index (χ0n) is 11.2. The summed E-state index contributed by atoms with van der Waals surface area (Å²) in [6.45, 7) is 7.04. The van der Waals surface area contributed by atoms with Gasteiger partial charge < -0.3 is 10.1 Å². The second-order valence-corrected chi connectivity index (χ2v) is 5.11. The molecule has 0 aliphatic carbocycles. The van der Waals surface area contributed by atoms with Crippen molar-refractivity contribution in [1.82, 2.24) is 10.3 Å². The zero-order chi connectivity index (χ0) is 13.2. The molecule has 1 amide bonds. The number of carbonyl (C=O) groups is 1. The van der Waals surface area contributed by atoms with E-state index in [9.17, 15) is 4.79 Å². The fourth-order valence-corrected chi connectivity index (χ4v) is 2.13. The molecule has 0 spiro atoms. The van der Waals surface area contributed by atoms with Crippen LogP contribution in [0, 0.1) is 13.8 Å². The van der Waals surface area contributed by atoms with Gasteiger partial charge >= 0.3 is 0 Å². The van der Waals surface area contributed by atoms with Crippen LogP contribution < -0.4 is 5.32 Å². The van der Waals surface area contributed by atoms with E-state index in [1.54, 1.807) is 6.20 Å². The minimum atomic E-state index is -0.646. The molecule has 1 aromatic rings. The van der Waals surface area contributed by atoms with Crippen molar-refractivity contribution < 1.29 is 9.53 Å². The summed E-state index contributed by atoms with van der Waals surface area (Å²) in [6, 6.07) is 2.06. The normalized spacial score (nSPS) is 23.1. The van der Waals surface area contributed by atoms with Gasteiger partial charge in [0.2, 0.25) is 0 Å². The number of aryl methyl sites for hydroxylation is 2. The van der Waals surface area contributed by atoms with E-state index in [1.807, 2.05) is 20.8 Å². The second-order valence-electron chi connectivity index (χ2n) is 5.11. The lowest BCUT2D eigenvalue weighted by Gasteiger charge is -2.21. The molecule has 1 fully saturated rings. The molecule has 1 saturated heterocycles. The van der Waals surface area contributed by atoms with Crippen molar-refractivity contribution >= 4 is 5.91 Å². The van der Waals surface area contributed by atoms with Crippen LogP contribution in [-0.2, 0) is 16.1 Å². The topological polar surface area (TPSA) is 51.2 Å². The third-order valence-electron chi connectivity index (χ3n) is 3.55. The molecule has 0 radical (unpaired) electrons. The molecule has 1 atom stereocenters. The summed E-state index contributed by atoms with van der Waals surface area (Å²) in [5.74, 6) is -0.0294. The standard InChI is InChI=1S/C14H20N2O2/c1-10-7-12(8-15-11(10)2)9-16-13(17)14(3)5-4-6-18-14/h7-8H,4-6,9H2,1-3H3,(H,16,17). The predicted octanol–water partition coefficient (Wildman–Crippen LogP) is 1.88. The Hall–Kier alpha value is -1.42. The average molecular weight is 248 g/mol. The van der Waals surface area contributed by atoms with E-state index in [0.717, 1.165) is 29.7 Å². The maximum Gasteiger partial charge on any atom is 0.252 e. The van der Waals surface area contributed by atoms with E-state index < -0.39 is 5.60 Å². The average Bonchev–Trinajstić information content (AvgIpc) is 2.79. The molecular weight excluding hydrogens is 228 g/mol. The third kappa shape index (κ3) is 2.70. The van der Waals surface area contributed by atoms with Gasteiger partial charge in [0, 0.05) is 25.0 Å². The molecule has 2 heterocycles. The van der Waals surface area contributed by atoms with Crippen LogP contribution in [0.25, 0.3) is 0 Å². The van der Waals surface area contributed by atoms with Gasteiger partial charge in [0.15, 0.2) is 0 Å². The number of ether oxygens (including phenoxy) is 1. The van der Waals surface area contributed by atoms with Gasteiger partial charge in [-0.15, -0.1) is 0 Å². The Bertz CT molecular complexity index is 451. The van der Waals surface area contributed by atoms with E-state index in [-0.39, 0.29) is 5.91 Å². The first-order valence-corrected chi connectivity index (χ1v) is 6.36. The fraction of sp³-hybridized carbons (Fsp3) is 0.571. The Morgan fingerprint density at radius 1 is 1.56 bits per heavy atom. The summed E-state index contributed by atoms with van der Waals surface area (Å²) < 4.78 is 5.51. The highest BCUT2D eigenvalue weighted by Gasteiger charge is 2.37. The molecule has 1 aliphatic rings. The Kier molecular flexibility index (Phi) is 3.66. The van der Waals surface area contributed by atoms with Crippen molar-refractivity contribution in [2.24, 2.45) is 0 Å². The van der Waals surface area contributed by atoms with Crippen molar-refractivity contribution in [2.75, 3.05) is 6.61 Å². The molecule has 18 heavy (non-hydrogen) atoms. The summed E-state index contributed by atoms with van der Waals surface area (Å²) in [6.07, 6.45) is 3.56. The maximum absolute atomic E-state index is 12.0. The molecule has 0 aromatic carbocycles. The Balaban J connectivity index is 1.95. The zero-order valence-corrected chi connectivity index (χ0v) is 11.2. The van der Waals surface area contributed by atoms with Crippen molar-refractivity contribution in [1.29, 1.82) is 0 Å². The maximum atomic E-state index is 12.0. The number of aromatic nitrogens is 1. The Morgan fingerprint density at radius 3 is 2.94 bits per heavy atom. The van der Waals surface area contributed by atoms with Gasteiger partial charge in [0.25, 0.3) is 5.91 Å². The van der Waals surface area contributed by atoms with Crippen LogP contribution in [-0.4, -0.2) is 23.1 Å². The lowest BCUT2D eigenvalue weighted by molar-refractivity contribution is -0.139. The first-order chi connectivity index (χ1) is 8.51. The highest BCUT2D eigenvalue weighted by Crippen LogP contribution is 2.25. The van der Waals surface area contributed by atoms with Crippen molar-refractivity contribution in [2.45, 2.75) is 45.8 Å². The second kappa shape index (κ2) is 5.06. The van der Waals surface area contributed by atoms with E-state index in [4.69, 9.17) is 4.74 Å². The van der Waals surface area contributed by atoms with Crippen molar-refractivity contribution in [3.63, 3.8) is 0 Å². The number of nitrogens with zero attached hydrogens (tertiary/aromatic N) is 1. The summed E-state index contributed by atoms with van der Waals surface area (Å²) in [5.41, 5.74) is 2.54. The van der Waals surface area contributed by atoms with Gasteiger partial charge in [0.1, 0.15) is 5.60 Å². The van der Waals surface area contributed by atoms with Gasteiger partial charge in [-0.2, -0.15) is 0 Å². The largest absolute Gasteiger partial charge is 0.365 e. The van der Waals surface area contributed by atoms with E-state index in [1.165, 1.54) is 0 Å². The van der Waals surface area contributed by atoms with Gasteiger partial charge in [-0.1, -0.05) is 6.07 Å². The molecule has 0 saturated carbocycles. The van der Waals surface area contributed by atoms with E-state index in [2.05, 4.69) is 16.4 Å². The van der Waals surface area contributed by atoms with E-state index >= 15 is 0 Å². The van der Waals surface area contributed by atoms with Crippen LogP contribution in [0.5, 0.6) is 0 Å². The molecular formula is C14H20N2O2. The van der Waals surface area contributed by atoms with Crippen LogP contribution in [0.1, 0.15) is 36.6 Å². The van der Waals surface area contributed by atoms with Gasteiger partial charge in [-0.3, -0.25) is 9.78 Å². The molecule has 1 unspecified atom stereocenters. The molecule has 0 bridgehead atoms. The predicted molar refractivity (Wildman–Crippen MR) is 69.1 cm³/mol. The highest BCUT2D eigenvalue weighted by atomic mass is 16.5. The first kappa shape index (κ1) is 13.0. The van der Waals surface area contributed by atoms with Crippen LogP contribution in [0.3, 0.4) is 0 Å². The Morgan fingerprint density at radius 2 is 2.33 bits per heavy atom. The lowest BCUT2D eigenvalue weighted by Crippen LogP contribution is -2.43. The van der Waals surface area contributed by atoms with Crippen LogP contribution in [0.2, 0.25) is 0 Å². The SMILES string of the molecule is Cc1cc(CNC(=O)C2(C)CCCO2)cnc1C. The molecule has 1 N–H and O–H groups in total. The first-order valence-electron chi connectivity index (χ1n) is 6.36. The number of hydrogen-bond acceptors (Lipinski definition) is 3. The highest BCUT2D eigenvalue weighted by molar-refractivity contribution is 5.84. The number of rotatable bonds is 3. The fourth-order valence-electron chi connectivity index (χ4n) is 2.13. The van der Waals surface area contributed by atoms with Gasteiger partial charge in [-0.25, -0.2) is 0 Å². The number of pyridine rings is 1. The summed E-state index contributed by atoms with van der Waals surface area (Å²) in [4.78, 5) is 16.3. The van der Waals surface area contributed by atoms with Crippen molar-refractivity contribution in [3.8, 4) is 0 Å². The monoisotopic (exact) mass is 248 g/mol. The molecule has 1 aliphatic heterocycles. The smallest absolute Gasteiger partial charge is 0.252 e. The van der Waals surface area contributed by atoms with Crippen LogP contribution >= 0.6 is 0 Å². The lowest BCUT2D eigenvalue weighted by atomic mass is 10.0. The Labute approximate surface area is 108 Å². The summed E-state index contributed by atoms with van der Waals surface area (Å²) in [7, 11) is 0. The van der Waals surface area contributed by atoms with Crippen LogP contribution in [0.4, 0.5) is 0 Å². The minimum Gasteiger partial charge on any atom is -0.365 e.